The lowest BCUT2D eigenvalue weighted by molar-refractivity contribution is -0.119. The van der Waals surface area contributed by atoms with Gasteiger partial charge in [0.1, 0.15) is 0 Å². The summed E-state index contributed by atoms with van der Waals surface area (Å²) in [7, 11) is -3.68. The van der Waals surface area contributed by atoms with Crippen molar-refractivity contribution in [3.05, 3.63) is 30.3 Å². The van der Waals surface area contributed by atoms with Crippen molar-refractivity contribution < 1.29 is 13.2 Å². The molecular weight excluding hydrogens is 314 g/mol. The van der Waals surface area contributed by atoms with Gasteiger partial charge in [-0.05, 0) is 36.8 Å². The average Bonchev–Trinajstić information content (AvgIpc) is 2.53. The molecule has 0 aliphatic heterocycles. The van der Waals surface area contributed by atoms with Crippen molar-refractivity contribution in [2.45, 2.75) is 38.0 Å². The highest BCUT2D eigenvalue weighted by Gasteiger charge is 2.23. The van der Waals surface area contributed by atoms with E-state index in [2.05, 4.69) is 29.1 Å². The average molecular weight is 337 g/mol. The molecule has 2 N–H and O–H groups in total. The molecule has 0 spiro atoms. The van der Waals surface area contributed by atoms with E-state index in [0.29, 0.717) is 11.8 Å². The van der Waals surface area contributed by atoms with E-state index in [1.165, 1.54) is 18.6 Å². The highest BCUT2D eigenvalue weighted by atomic mass is 32.2. The van der Waals surface area contributed by atoms with E-state index in [-0.39, 0.29) is 11.4 Å². The van der Waals surface area contributed by atoms with Crippen molar-refractivity contribution in [1.29, 1.82) is 0 Å². The molecule has 1 amide bonds. The van der Waals surface area contributed by atoms with Crippen LogP contribution in [0.15, 0.2) is 40.3 Å². The lowest BCUT2D eigenvalue weighted by Gasteiger charge is -2.26. The first kappa shape index (κ1) is 17.6. The molecule has 0 bridgehead atoms. The second-order valence-electron chi connectivity index (χ2n) is 5.94. The zero-order valence-electron chi connectivity index (χ0n) is 13.5. The van der Waals surface area contributed by atoms with Gasteiger partial charge >= 0.3 is 0 Å². The lowest BCUT2D eigenvalue weighted by Crippen LogP contribution is -2.36. The summed E-state index contributed by atoms with van der Waals surface area (Å²) in [6, 6.07) is 7.95. The van der Waals surface area contributed by atoms with Crippen LogP contribution in [0.2, 0.25) is 0 Å². The Labute approximate surface area is 137 Å². The highest BCUT2D eigenvalue weighted by molar-refractivity contribution is 7.89. The van der Waals surface area contributed by atoms with Crippen LogP contribution in [-0.2, 0) is 14.8 Å². The van der Waals surface area contributed by atoms with Gasteiger partial charge in [-0.2, -0.15) is 5.10 Å². The molecule has 0 unspecified atom stereocenters. The van der Waals surface area contributed by atoms with Gasteiger partial charge in [0.15, 0.2) is 0 Å². The van der Waals surface area contributed by atoms with Crippen molar-refractivity contribution in [2.24, 2.45) is 16.9 Å². The number of nitrogens with zero attached hydrogens (tertiary/aromatic N) is 1. The van der Waals surface area contributed by atoms with E-state index in [1.54, 1.807) is 18.2 Å². The van der Waals surface area contributed by atoms with Crippen LogP contribution < -0.4 is 10.1 Å². The van der Waals surface area contributed by atoms with Gasteiger partial charge in [-0.1, -0.05) is 38.5 Å². The Bertz CT molecular complexity index is 659. The maximum Gasteiger partial charge on any atom is 0.255 e. The molecule has 6 nitrogen and oxygen atoms in total. The summed E-state index contributed by atoms with van der Waals surface area (Å²) in [5.74, 6) is 0.224. The summed E-state index contributed by atoms with van der Waals surface area (Å²) in [6.07, 6.45) is 3.31. The third-order valence-electron chi connectivity index (χ3n) is 4.07. The SMILES string of the molecule is C[C@H]1CCC[C@H](C)C1=NNC(=O)CNS(=O)(=O)c1ccccc1. The Hall–Kier alpha value is -1.73. The highest BCUT2D eigenvalue weighted by Crippen LogP contribution is 2.25. The lowest BCUT2D eigenvalue weighted by atomic mass is 9.81. The van der Waals surface area contributed by atoms with Gasteiger partial charge in [0, 0.05) is 5.71 Å². The van der Waals surface area contributed by atoms with Gasteiger partial charge < -0.3 is 0 Å². The van der Waals surface area contributed by atoms with Crippen LogP contribution in [0, 0.1) is 11.8 Å². The van der Waals surface area contributed by atoms with Crippen LogP contribution in [0.1, 0.15) is 33.1 Å². The number of hydrogen-bond donors (Lipinski definition) is 2. The standard InChI is InChI=1S/C16H23N3O3S/c1-12-7-6-8-13(2)16(12)19-18-15(20)11-17-23(21,22)14-9-4-3-5-10-14/h3-5,9-10,12-13,17H,6-8,11H2,1-2H3,(H,18,20)/t12-,13-/m0/s1. The minimum atomic E-state index is -3.68. The number of hydrogen-bond acceptors (Lipinski definition) is 4. The number of rotatable bonds is 5. The fourth-order valence-electron chi connectivity index (χ4n) is 2.74. The Kier molecular flexibility index (Phi) is 5.90. The van der Waals surface area contributed by atoms with Gasteiger partial charge in [0.25, 0.3) is 5.91 Å². The molecule has 1 aliphatic carbocycles. The van der Waals surface area contributed by atoms with Crippen LogP contribution in [0.4, 0.5) is 0 Å². The van der Waals surface area contributed by atoms with Gasteiger partial charge in [0.2, 0.25) is 10.0 Å². The smallest absolute Gasteiger partial charge is 0.255 e. The number of amides is 1. The largest absolute Gasteiger partial charge is 0.272 e. The summed E-state index contributed by atoms with van der Waals surface area (Å²) in [4.78, 5) is 12.0. The van der Waals surface area contributed by atoms with E-state index >= 15 is 0 Å². The summed E-state index contributed by atoms with van der Waals surface area (Å²) < 4.78 is 26.3. The number of nitrogens with one attached hydrogen (secondary N) is 2. The first-order valence-corrected chi connectivity index (χ1v) is 9.29. The summed E-state index contributed by atoms with van der Waals surface area (Å²) in [6.45, 7) is 3.86. The molecule has 0 radical (unpaired) electrons. The van der Waals surface area contributed by atoms with Crippen LogP contribution >= 0.6 is 0 Å². The van der Waals surface area contributed by atoms with Crippen LogP contribution in [0.3, 0.4) is 0 Å². The van der Waals surface area contributed by atoms with Gasteiger partial charge in [-0.25, -0.2) is 18.6 Å². The number of sulfonamides is 1. The summed E-state index contributed by atoms with van der Waals surface area (Å²) in [5.41, 5.74) is 3.44. The van der Waals surface area contributed by atoms with E-state index in [0.717, 1.165) is 18.6 Å². The third kappa shape index (κ3) is 4.87. The number of carbonyl (C=O) groups excluding carboxylic acids is 1. The van der Waals surface area contributed by atoms with Gasteiger partial charge in [-0.3, -0.25) is 4.79 Å². The normalized spacial score (nSPS) is 21.7. The monoisotopic (exact) mass is 337 g/mol. The fraction of sp³-hybridized carbons (Fsp3) is 0.500. The van der Waals surface area contributed by atoms with E-state index < -0.39 is 15.9 Å². The summed E-state index contributed by atoms with van der Waals surface area (Å²) in [5, 5.41) is 4.20. The van der Waals surface area contributed by atoms with Gasteiger partial charge in [-0.15, -0.1) is 0 Å². The molecule has 2 rings (SSSR count). The number of benzene rings is 1. The Morgan fingerprint density at radius 2 is 1.78 bits per heavy atom. The molecule has 23 heavy (non-hydrogen) atoms. The maximum absolute atomic E-state index is 12.0. The molecule has 0 heterocycles. The zero-order chi connectivity index (χ0) is 16.9. The Balaban J connectivity index is 1.90. The summed E-state index contributed by atoms with van der Waals surface area (Å²) >= 11 is 0. The van der Waals surface area contributed by atoms with Crippen molar-refractivity contribution in [2.75, 3.05) is 6.54 Å². The minimum absolute atomic E-state index is 0.133. The number of carbonyl (C=O) groups is 1. The molecular formula is C16H23N3O3S. The van der Waals surface area contributed by atoms with Crippen LogP contribution in [0.5, 0.6) is 0 Å². The molecule has 0 aromatic heterocycles. The van der Waals surface area contributed by atoms with E-state index in [9.17, 15) is 13.2 Å². The van der Waals surface area contributed by atoms with Crippen LogP contribution in [-0.4, -0.2) is 26.6 Å². The quantitative estimate of drug-likeness (QED) is 0.804. The second kappa shape index (κ2) is 7.70. The Morgan fingerprint density at radius 3 is 2.39 bits per heavy atom. The molecule has 126 valence electrons. The molecule has 1 saturated carbocycles. The predicted molar refractivity (Wildman–Crippen MR) is 89.4 cm³/mol. The zero-order valence-corrected chi connectivity index (χ0v) is 14.3. The first-order valence-electron chi connectivity index (χ1n) is 7.81. The maximum atomic E-state index is 12.0. The minimum Gasteiger partial charge on any atom is -0.272 e. The Morgan fingerprint density at radius 1 is 1.17 bits per heavy atom. The van der Waals surface area contributed by atoms with Gasteiger partial charge in [0.05, 0.1) is 11.4 Å². The first-order chi connectivity index (χ1) is 10.9. The third-order valence-corrected chi connectivity index (χ3v) is 5.49. The molecule has 2 atom stereocenters. The van der Waals surface area contributed by atoms with Crippen molar-refractivity contribution in [3.63, 3.8) is 0 Å². The molecule has 0 saturated heterocycles. The second-order valence-corrected chi connectivity index (χ2v) is 7.71. The molecule has 1 aromatic carbocycles. The molecule has 1 aliphatic rings. The van der Waals surface area contributed by atoms with Crippen molar-refractivity contribution >= 4 is 21.6 Å². The van der Waals surface area contributed by atoms with Crippen LogP contribution in [0.25, 0.3) is 0 Å². The molecule has 1 aromatic rings. The van der Waals surface area contributed by atoms with E-state index in [4.69, 9.17) is 0 Å². The van der Waals surface area contributed by atoms with Crippen molar-refractivity contribution in [3.8, 4) is 0 Å². The molecule has 7 heteroatoms. The van der Waals surface area contributed by atoms with Crippen molar-refractivity contribution in [1.82, 2.24) is 10.1 Å². The topological polar surface area (TPSA) is 87.6 Å². The number of hydrazone groups is 1. The molecule has 1 fully saturated rings. The predicted octanol–water partition coefficient (Wildman–Crippen LogP) is 1.89. The van der Waals surface area contributed by atoms with E-state index in [1.807, 2.05) is 0 Å². The fourth-order valence-corrected chi connectivity index (χ4v) is 3.75.